The van der Waals surface area contributed by atoms with Crippen LogP contribution in [0.25, 0.3) is 0 Å². The van der Waals surface area contributed by atoms with Crippen LogP contribution in [0.1, 0.15) is 19.8 Å². The number of ether oxygens (including phenoxy) is 1. The van der Waals surface area contributed by atoms with Crippen molar-refractivity contribution in [3.05, 3.63) is 0 Å². The van der Waals surface area contributed by atoms with E-state index in [1.807, 2.05) is 0 Å². The number of piperidine rings is 1. The number of likely N-dealkylation sites (tertiary alicyclic amines) is 1. The fourth-order valence-electron chi connectivity index (χ4n) is 2.12. The van der Waals surface area contributed by atoms with Crippen LogP contribution in [0.5, 0.6) is 0 Å². The molecule has 1 aliphatic heterocycles. The fraction of sp³-hybridized carbons (Fsp3) is 0.900. The van der Waals surface area contributed by atoms with Crippen molar-refractivity contribution in [2.45, 2.75) is 25.9 Å². The average molecular weight is 201 g/mol. The van der Waals surface area contributed by atoms with E-state index in [9.17, 15) is 4.79 Å². The van der Waals surface area contributed by atoms with Crippen LogP contribution in [-0.4, -0.2) is 48.8 Å². The number of nitrogens with zero attached hydrogens (tertiary/aromatic N) is 1. The molecule has 2 unspecified atom stereocenters. The molecule has 2 atom stereocenters. The maximum absolute atomic E-state index is 10.9. The van der Waals surface area contributed by atoms with Gasteiger partial charge >= 0.3 is 5.97 Å². The van der Waals surface area contributed by atoms with Gasteiger partial charge in [0.1, 0.15) is 0 Å². The molecule has 1 N–H and O–H groups in total. The summed E-state index contributed by atoms with van der Waals surface area (Å²) in [5.41, 5.74) is 0. The van der Waals surface area contributed by atoms with Crippen molar-refractivity contribution in [1.29, 1.82) is 0 Å². The predicted molar refractivity (Wildman–Crippen MR) is 53.3 cm³/mol. The summed E-state index contributed by atoms with van der Waals surface area (Å²) in [5.74, 6) is -0.693. The summed E-state index contributed by atoms with van der Waals surface area (Å²) in [6.07, 6.45) is 1.40. The molecule has 1 saturated heterocycles. The largest absolute Gasteiger partial charge is 0.479 e. The normalized spacial score (nSPS) is 26.0. The summed E-state index contributed by atoms with van der Waals surface area (Å²) in [4.78, 5) is 13.2. The van der Waals surface area contributed by atoms with Crippen LogP contribution in [0.2, 0.25) is 0 Å². The number of methoxy groups -OCH3 is 1. The average Bonchev–Trinajstić information content (AvgIpc) is 2.19. The standard InChI is InChI=1S/C10H19NO3/c1-3-11-6-4-5-8(7-11)9(14-2)10(12)13/h8-9H,3-7H2,1-2H3,(H,12,13). The maximum Gasteiger partial charge on any atom is 0.333 e. The second kappa shape index (κ2) is 5.32. The van der Waals surface area contributed by atoms with Gasteiger partial charge in [-0.1, -0.05) is 6.92 Å². The number of hydrogen-bond acceptors (Lipinski definition) is 3. The van der Waals surface area contributed by atoms with Crippen LogP contribution in [0.4, 0.5) is 0 Å². The van der Waals surface area contributed by atoms with Gasteiger partial charge in [-0.2, -0.15) is 0 Å². The lowest BCUT2D eigenvalue weighted by Gasteiger charge is -2.34. The molecule has 0 bridgehead atoms. The number of carbonyl (C=O) groups is 1. The smallest absolute Gasteiger partial charge is 0.333 e. The minimum atomic E-state index is -0.838. The lowest BCUT2D eigenvalue weighted by Crippen LogP contribution is -2.43. The third-order valence-electron chi connectivity index (χ3n) is 2.91. The van der Waals surface area contributed by atoms with Crippen molar-refractivity contribution in [2.24, 2.45) is 5.92 Å². The Hall–Kier alpha value is -0.610. The second-order valence-electron chi connectivity index (χ2n) is 3.79. The summed E-state index contributed by atoms with van der Waals surface area (Å²) in [6, 6.07) is 0. The van der Waals surface area contributed by atoms with E-state index in [4.69, 9.17) is 9.84 Å². The molecule has 1 rings (SSSR count). The molecule has 1 fully saturated rings. The van der Waals surface area contributed by atoms with Gasteiger partial charge < -0.3 is 14.7 Å². The van der Waals surface area contributed by atoms with E-state index in [0.29, 0.717) is 0 Å². The highest BCUT2D eigenvalue weighted by molar-refractivity contribution is 5.72. The Morgan fingerprint density at radius 1 is 1.71 bits per heavy atom. The summed E-state index contributed by atoms with van der Waals surface area (Å²) < 4.78 is 5.02. The minimum absolute atomic E-state index is 0.145. The van der Waals surface area contributed by atoms with Crippen LogP contribution < -0.4 is 0 Å². The van der Waals surface area contributed by atoms with Crippen molar-refractivity contribution in [3.63, 3.8) is 0 Å². The molecule has 0 aliphatic carbocycles. The zero-order valence-corrected chi connectivity index (χ0v) is 8.90. The minimum Gasteiger partial charge on any atom is -0.479 e. The van der Waals surface area contributed by atoms with Crippen molar-refractivity contribution in [3.8, 4) is 0 Å². The highest BCUT2D eigenvalue weighted by Crippen LogP contribution is 2.21. The summed E-state index contributed by atoms with van der Waals surface area (Å²) >= 11 is 0. The van der Waals surface area contributed by atoms with Gasteiger partial charge in [0.2, 0.25) is 0 Å². The van der Waals surface area contributed by atoms with E-state index in [2.05, 4.69) is 11.8 Å². The molecule has 4 nitrogen and oxygen atoms in total. The summed E-state index contributed by atoms with van der Waals surface area (Å²) in [7, 11) is 1.48. The second-order valence-corrected chi connectivity index (χ2v) is 3.79. The molecule has 1 aliphatic rings. The van der Waals surface area contributed by atoms with Crippen molar-refractivity contribution >= 4 is 5.97 Å². The predicted octanol–water partition coefficient (Wildman–Crippen LogP) is 0.818. The Kier molecular flexibility index (Phi) is 4.35. The van der Waals surface area contributed by atoms with E-state index in [1.165, 1.54) is 7.11 Å². The molecule has 0 spiro atoms. The zero-order chi connectivity index (χ0) is 10.6. The van der Waals surface area contributed by atoms with Gasteiger partial charge in [-0.05, 0) is 25.9 Å². The first-order valence-electron chi connectivity index (χ1n) is 5.17. The summed E-state index contributed by atoms with van der Waals surface area (Å²) in [5, 5.41) is 8.94. The van der Waals surface area contributed by atoms with Crippen LogP contribution in [0.15, 0.2) is 0 Å². The topological polar surface area (TPSA) is 49.8 Å². The van der Waals surface area contributed by atoms with Crippen LogP contribution in [0, 0.1) is 5.92 Å². The van der Waals surface area contributed by atoms with Gasteiger partial charge in [0, 0.05) is 19.6 Å². The first-order valence-corrected chi connectivity index (χ1v) is 5.17. The SMILES string of the molecule is CCN1CCCC(C(OC)C(=O)O)C1. The van der Waals surface area contributed by atoms with Gasteiger partial charge in [0.05, 0.1) is 0 Å². The van der Waals surface area contributed by atoms with Crippen molar-refractivity contribution in [1.82, 2.24) is 4.90 Å². The van der Waals surface area contributed by atoms with E-state index >= 15 is 0 Å². The number of rotatable bonds is 4. The Bertz CT molecular complexity index is 196. The van der Waals surface area contributed by atoms with Gasteiger partial charge in [0.25, 0.3) is 0 Å². The van der Waals surface area contributed by atoms with E-state index in [1.54, 1.807) is 0 Å². The maximum atomic E-state index is 10.9. The third kappa shape index (κ3) is 2.69. The van der Waals surface area contributed by atoms with E-state index in [0.717, 1.165) is 32.5 Å². The van der Waals surface area contributed by atoms with Gasteiger partial charge in [-0.15, -0.1) is 0 Å². The van der Waals surface area contributed by atoms with Crippen LogP contribution >= 0.6 is 0 Å². The molecule has 82 valence electrons. The monoisotopic (exact) mass is 201 g/mol. The molecular formula is C10H19NO3. The first-order chi connectivity index (χ1) is 6.69. The molecule has 4 heteroatoms. The molecule has 0 aromatic carbocycles. The quantitative estimate of drug-likeness (QED) is 0.731. The Balaban J connectivity index is 2.53. The highest BCUT2D eigenvalue weighted by Gasteiger charge is 2.31. The number of hydrogen-bond donors (Lipinski definition) is 1. The van der Waals surface area contributed by atoms with Crippen molar-refractivity contribution in [2.75, 3.05) is 26.7 Å². The number of carboxylic acids is 1. The highest BCUT2D eigenvalue weighted by atomic mass is 16.5. The Labute approximate surface area is 84.8 Å². The number of carboxylic acid groups (broad SMARTS) is 1. The molecule has 0 aromatic rings. The van der Waals surface area contributed by atoms with E-state index < -0.39 is 12.1 Å². The molecule has 0 aromatic heterocycles. The lowest BCUT2D eigenvalue weighted by molar-refractivity contribution is -0.153. The van der Waals surface area contributed by atoms with Gasteiger partial charge in [0.15, 0.2) is 6.10 Å². The van der Waals surface area contributed by atoms with Gasteiger partial charge in [-0.25, -0.2) is 4.79 Å². The Morgan fingerprint density at radius 2 is 2.43 bits per heavy atom. The molecule has 0 saturated carbocycles. The first kappa shape index (κ1) is 11.5. The Morgan fingerprint density at radius 3 is 2.93 bits per heavy atom. The zero-order valence-electron chi connectivity index (χ0n) is 8.90. The summed E-state index contributed by atoms with van der Waals surface area (Å²) in [6.45, 7) is 5.03. The molecular weight excluding hydrogens is 182 g/mol. The van der Waals surface area contributed by atoms with Crippen LogP contribution in [0.3, 0.4) is 0 Å². The molecule has 14 heavy (non-hydrogen) atoms. The van der Waals surface area contributed by atoms with Crippen molar-refractivity contribution < 1.29 is 14.6 Å². The fourth-order valence-corrected chi connectivity index (χ4v) is 2.12. The lowest BCUT2D eigenvalue weighted by atomic mass is 9.92. The van der Waals surface area contributed by atoms with E-state index in [-0.39, 0.29) is 5.92 Å². The van der Waals surface area contributed by atoms with Gasteiger partial charge in [-0.3, -0.25) is 0 Å². The molecule has 1 heterocycles. The number of aliphatic carboxylic acids is 1. The third-order valence-corrected chi connectivity index (χ3v) is 2.91. The molecule has 0 radical (unpaired) electrons. The van der Waals surface area contributed by atoms with Crippen LogP contribution in [-0.2, 0) is 9.53 Å². The molecule has 0 amide bonds.